The van der Waals surface area contributed by atoms with E-state index in [4.69, 9.17) is 0 Å². The van der Waals surface area contributed by atoms with Gasteiger partial charge in [0, 0.05) is 26.2 Å². The van der Waals surface area contributed by atoms with Gasteiger partial charge in [-0.1, -0.05) is 12.1 Å². The molecule has 0 radical (unpaired) electrons. The molecule has 1 aliphatic heterocycles. The molecule has 0 N–H and O–H groups in total. The Bertz CT molecular complexity index is 560. The summed E-state index contributed by atoms with van der Waals surface area (Å²) in [6.45, 7) is -0.987. The van der Waals surface area contributed by atoms with Crippen LogP contribution < -0.4 is 4.74 Å². The Hall–Kier alpha value is -2.22. The monoisotopic (exact) mass is 328 g/mol. The zero-order valence-electron chi connectivity index (χ0n) is 12.7. The number of ether oxygens (including phenoxy) is 2. The molecule has 2 rings (SSSR count). The highest BCUT2D eigenvalue weighted by Gasteiger charge is 2.25. The van der Waals surface area contributed by atoms with Crippen molar-refractivity contribution in [1.82, 2.24) is 9.80 Å². The zero-order chi connectivity index (χ0) is 16.8. The molecule has 1 fully saturated rings. The lowest BCUT2D eigenvalue weighted by Crippen LogP contribution is -2.50. The van der Waals surface area contributed by atoms with Crippen LogP contribution in [0.2, 0.25) is 0 Å². The molecule has 1 saturated heterocycles. The summed E-state index contributed by atoms with van der Waals surface area (Å²) in [4.78, 5) is 27.1. The minimum Gasteiger partial charge on any atom is -0.468 e. The van der Waals surface area contributed by atoms with Crippen LogP contribution in [0.3, 0.4) is 0 Å². The summed E-state index contributed by atoms with van der Waals surface area (Å²) in [6.07, 6.45) is 0. The van der Waals surface area contributed by atoms with Crippen molar-refractivity contribution in [1.29, 1.82) is 0 Å². The van der Waals surface area contributed by atoms with Gasteiger partial charge in [-0.2, -0.15) is 8.78 Å². The number of para-hydroxylation sites is 1. The van der Waals surface area contributed by atoms with Crippen molar-refractivity contribution in [3.8, 4) is 5.75 Å². The zero-order valence-corrected chi connectivity index (χ0v) is 12.7. The summed E-state index contributed by atoms with van der Waals surface area (Å²) < 4.78 is 33.8. The van der Waals surface area contributed by atoms with Crippen molar-refractivity contribution in [3.63, 3.8) is 0 Å². The van der Waals surface area contributed by atoms with Crippen LogP contribution in [0.1, 0.15) is 10.4 Å². The van der Waals surface area contributed by atoms with E-state index in [2.05, 4.69) is 9.47 Å². The van der Waals surface area contributed by atoms with Crippen molar-refractivity contribution < 1.29 is 27.8 Å². The third-order valence-electron chi connectivity index (χ3n) is 3.57. The smallest absolute Gasteiger partial charge is 0.387 e. The second-order valence-electron chi connectivity index (χ2n) is 5.02. The van der Waals surface area contributed by atoms with Crippen LogP contribution in [0.15, 0.2) is 24.3 Å². The molecule has 6 nitrogen and oxygen atoms in total. The van der Waals surface area contributed by atoms with Crippen LogP contribution >= 0.6 is 0 Å². The predicted octanol–water partition coefficient (Wildman–Crippen LogP) is 1.22. The normalized spacial score (nSPS) is 15.6. The van der Waals surface area contributed by atoms with E-state index in [0.717, 1.165) is 0 Å². The summed E-state index contributed by atoms with van der Waals surface area (Å²) >= 11 is 0. The fraction of sp³-hybridized carbons (Fsp3) is 0.467. The van der Waals surface area contributed by atoms with E-state index < -0.39 is 6.61 Å². The second-order valence-corrected chi connectivity index (χ2v) is 5.02. The maximum atomic E-state index is 12.5. The van der Waals surface area contributed by atoms with Gasteiger partial charge in [0.1, 0.15) is 5.75 Å². The number of nitrogens with zero attached hydrogens (tertiary/aromatic N) is 2. The van der Waals surface area contributed by atoms with Crippen LogP contribution in [0.4, 0.5) is 8.78 Å². The highest BCUT2D eigenvalue weighted by atomic mass is 19.3. The van der Waals surface area contributed by atoms with Gasteiger partial charge in [0.25, 0.3) is 5.91 Å². The summed E-state index contributed by atoms with van der Waals surface area (Å²) in [5.41, 5.74) is 0.106. The fourth-order valence-corrected chi connectivity index (χ4v) is 2.37. The molecule has 126 valence electrons. The van der Waals surface area contributed by atoms with Crippen molar-refractivity contribution in [3.05, 3.63) is 29.8 Å². The number of amides is 1. The van der Waals surface area contributed by atoms with E-state index in [1.165, 1.54) is 25.3 Å². The van der Waals surface area contributed by atoms with E-state index in [-0.39, 0.29) is 29.7 Å². The van der Waals surface area contributed by atoms with E-state index in [9.17, 15) is 18.4 Å². The lowest BCUT2D eigenvalue weighted by atomic mass is 10.1. The van der Waals surface area contributed by atoms with Crippen molar-refractivity contribution in [2.24, 2.45) is 0 Å². The van der Waals surface area contributed by atoms with Crippen molar-refractivity contribution >= 4 is 11.9 Å². The van der Waals surface area contributed by atoms with Crippen molar-refractivity contribution in [2.75, 3.05) is 39.8 Å². The molecule has 23 heavy (non-hydrogen) atoms. The van der Waals surface area contributed by atoms with E-state index in [1.807, 2.05) is 4.90 Å². The fourth-order valence-electron chi connectivity index (χ4n) is 2.37. The van der Waals surface area contributed by atoms with Gasteiger partial charge >= 0.3 is 12.6 Å². The standard InChI is InChI=1S/C15H18F2N2O4/c1-22-13(20)10-18-6-8-19(9-7-18)14(21)11-4-2-3-5-12(11)23-15(16)17/h2-5,15H,6-10H2,1H3. The first-order chi connectivity index (χ1) is 11.0. The topological polar surface area (TPSA) is 59.1 Å². The molecule has 0 saturated carbocycles. The molecule has 1 aliphatic rings. The molecule has 0 aliphatic carbocycles. The quantitative estimate of drug-likeness (QED) is 0.761. The molecule has 0 spiro atoms. The molecule has 0 bridgehead atoms. The van der Waals surface area contributed by atoms with Crippen LogP contribution in [0, 0.1) is 0 Å². The average molecular weight is 328 g/mol. The number of methoxy groups -OCH3 is 1. The Morgan fingerprint density at radius 3 is 2.43 bits per heavy atom. The number of rotatable bonds is 5. The van der Waals surface area contributed by atoms with E-state index in [1.54, 1.807) is 11.0 Å². The number of carbonyl (C=O) groups is 2. The lowest BCUT2D eigenvalue weighted by molar-refractivity contribution is -0.142. The number of carbonyl (C=O) groups excluding carboxylic acids is 2. The molecular formula is C15H18F2N2O4. The van der Waals surface area contributed by atoms with E-state index >= 15 is 0 Å². The summed E-state index contributed by atoms with van der Waals surface area (Å²) in [5, 5.41) is 0. The minimum atomic E-state index is -2.99. The Morgan fingerprint density at radius 1 is 1.17 bits per heavy atom. The number of hydrogen-bond acceptors (Lipinski definition) is 5. The maximum absolute atomic E-state index is 12.5. The number of piperazine rings is 1. The molecule has 0 atom stereocenters. The average Bonchev–Trinajstić information content (AvgIpc) is 2.55. The molecule has 1 amide bonds. The van der Waals surface area contributed by atoms with Gasteiger partial charge in [0.15, 0.2) is 0 Å². The van der Waals surface area contributed by atoms with Gasteiger partial charge in [0.05, 0.1) is 19.2 Å². The Balaban J connectivity index is 1.99. The molecular weight excluding hydrogens is 310 g/mol. The maximum Gasteiger partial charge on any atom is 0.387 e. The number of alkyl halides is 2. The summed E-state index contributed by atoms with van der Waals surface area (Å²) in [6, 6.07) is 5.93. The largest absolute Gasteiger partial charge is 0.468 e. The van der Waals surface area contributed by atoms with Gasteiger partial charge in [0.2, 0.25) is 0 Å². The predicted molar refractivity (Wildman–Crippen MR) is 77.4 cm³/mol. The summed E-state index contributed by atoms with van der Waals surface area (Å²) in [7, 11) is 1.32. The number of halogens is 2. The second kappa shape index (κ2) is 7.87. The molecule has 1 aromatic carbocycles. The first-order valence-electron chi connectivity index (χ1n) is 7.13. The number of hydrogen-bond donors (Lipinski definition) is 0. The first-order valence-corrected chi connectivity index (χ1v) is 7.13. The Morgan fingerprint density at radius 2 is 1.83 bits per heavy atom. The molecule has 0 unspecified atom stereocenters. The third kappa shape index (κ3) is 4.62. The van der Waals surface area contributed by atoms with Gasteiger partial charge in [-0.25, -0.2) is 0 Å². The number of esters is 1. The van der Waals surface area contributed by atoms with Crippen LogP contribution in [-0.2, 0) is 9.53 Å². The molecule has 0 aromatic heterocycles. The molecule has 8 heteroatoms. The molecule has 1 aromatic rings. The van der Waals surface area contributed by atoms with Gasteiger partial charge in [-0.05, 0) is 12.1 Å². The van der Waals surface area contributed by atoms with Crippen molar-refractivity contribution in [2.45, 2.75) is 6.61 Å². The SMILES string of the molecule is COC(=O)CN1CCN(C(=O)c2ccccc2OC(F)F)CC1. The minimum absolute atomic E-state index is 0.106. The van der Waals surface area contributed by atoms with Crippen LogP contribution in [-0.4, -0.2) is 68.1 Å². The van der Waals surface area contributed by atoms with Gasteiger partial charge < -0.3 is 14.4 Å². The van der Waals surface area contributed by atoms with E-state index in [0.29, 0.717) is 26.2 Å². The molecule has 1 heterocycles. The van der Waals surface area contributed by atoms with Crippen LogP contribution in [0.25, 0.3) is 0 Å². The summed E-state index contributed by atoms with van der Waals surface area (Å²) in [5.74, 6) is -0.830. The number of benzene rings is 1. The highest BCUT2D eigenvalue weighted by Crippen LogP contribution is 2.22. The lowest BCUT2D eigenvalue weighted by Gasteiger charge is -2.34. The van der Waals surface area contributed by atoms with Gasteiger partial charge in [-0.3, -0.25) is 14.5 Å². The first kappa shape index (κ1) is 17.1. The van der Waals surface area contributed by atoms with Gasteiger partial charge in [-0.15, -0.1) is 0 Å². The third-order valence-corrected chi connectivity index (χ3v) is 3.57. The Kier molecular flexibility index (Phi) is 5.86. The van der Waals surface area contributed by atoms with Crippen LogP contribution in [0.5, 0.6) is 5.75 Å². The Labute approximate surface area is 132 Å². The highest BCUT2D eigenvalue weighted by molar-refractivity contribution is 5.97.